The van der Waals surface area contributed by atoms with Crippen molar-refractivity contribution in [2.75, 3.05) is 6.61 Å². The third-order valence-corrected chi connectivity index (χ3v) is 4.49. The number of rotatable bonds is 10. The maximum atomic E-state index is 13.5. The zero-order chi connectivity index (χ0) is 27.4. The molecule has 0 amide bonds. The van der Waals surface area contributed by atoms with Crippen LogP contribution in [-0.4, -0.2) is 47.6 Å². The van der Waals surface area contributed by atoms with Gasteiger partial charge in [-0.3, -0.25) is 0 Å². The molecule has 0 atom stereocenters. The molecule has 0 aliphatic heterocycles. The third kappa shape index (κ3) is 6.49. The molecular formula is C22H15F9O5. The van der Waals surface area contributed by atoms with Crippen LogP contribution < -0.4 is 9.47 Å². The van der Waals surface area contributed by atoms with Gasteiger partial charge in [0.25, 0.3) is 0 Å². The molecule has 14 heteroatoms. The molecule has 2 rings (SSSR count). The molecule has 5 nitrogen and oxygen atoms in total. The number of ether oxygens (including phenoxy) is 2. The van der Waals surface area contributed by atoms with E-state index in [0.717, 1.165) is 30.3 Å². The number of carbonyl (C=O) groups excluding carboxylic acids is 1. The van der Waals surface area contributed by atoms with E-state index in [2.05, 4.69) is 0 Å². The Balaban J connectivity index is 1.95. The fraction of sp³-hybridized carbons (Fsp3) is 0.273. The molecular weight excluding hydrogens is 515 g/mol. The molecule has 0 fully saturated rings. The Morgan fingerprint density at radius 3 is 1.81 bits per heavy atom. The van der Waals surface area contributed by atoms with E-state index >= 15 is 0 Å². The number of carboxylic acid groups (broad SMARTS) is 1. The molecule has 0 unspecified atom stereocenters. The highest BCUT2D eigenvalue weighted by Gasteiger charge is 2.81. The van der Waals surface area contributed by atoms with Crippen molar-refractivity contribution in [2.24, 2.45) is 0 Å². The Hall–Kier alpha value is -3.71. The Morgan fingerprint density at radius 2 is 1.31 bits per heavy atom. The lowest BCUT2D eigenvalue weighted by Gasteiger charge is -2.33. The third-order valence-electron chi connectivity index (χ3n) is 4.49. The first-order valence-corrected chi connectivity index (χ1v) is 9.64. The van der Waals surface area contributed by atoms with Crippen LogP contribution in [0.15, 0.2) is 54.6 Å². The van der Waals surface area contributed by atoms with Crippen LogP contribution in [0.2, 0.25) is 0 Å². The van der Waals surface area contributed by atoms with E-state index in [0.29, 0.717) is 5.56 Å². The van der Waals surface area contributed by atoms with E-state index in [1.807, 2.05) is 0 Å². The Bertz CT molecular complexity index is 1090. The lowest BCUT2D eigenvalue weighted by molar-refractivity contribution is -0.397. The van der Waals surface area contributed by atoms with Crippen molar-refractivity contribution < 1.29 is 63.7 Å². The topological polar surface area (TPSA) is 72.8 Å². The predicted octanol–water partition coefficient (Wildman–Crippen LogP) is 6.24. The highest BCUT2D eigenvalue weighted by atomic mass is 19.4. The first-order chi connectivity index (χ1) is 16.5. The second-order valence-corrected chi connectivity index (χ2v) is 7.10. The number of aliphatic carboxylic acids is 1. The number of halogens is 9. The van der Waals surface area contributed by atoms with Crippen LogP contribution in [0, 0.1) is 0 Å². The number of hydrogen-bond donors (Lipinski definition) is 1. The maximum absolute atomic E-state index is 13.5. The van der Waals surface area contributed by atoms with Gasteiger partial charge in [0.15, 0.2) is 0 Å². The molecule has 0 spiro atoms. The normalized spacial score (nSPS) is 13.0. The molecule has 0 aliphatic rings. The van der Waals surface area contributed by atoms with Crippen LogP contribution in [0.4, 0.5) is 39.5 Å². The Morgan fingerprint density at radius 1 is 0.778 bits per heavy atom. The summed E-state index contributed by atoms with van der Waals surface area (Å²) in [5.74, 6) is -21.7. The summed E-state index contributed by atoms with van der Waals surface area (Å²) in [4.78, 5) is 22.6. The number of hydrogen-bond acceptors (Lipinski definition) is 4. The molecule has 2 aromatic carbocycles. The van der Waals surface area contributed by atoms with Gasteiger partial charge in [-0.25, -0.2) is 9.59 Å². The molecule has 0 heterocycles. The van der Waals surface area contributed by atoms with Crippen molar-refractivity contribution in [1.29, 1.82) is 0 Å². The summed E-state index contributed by atoms with van der Waals surface area (Å²) in [7, 11) is 0. The van der Waals surface area contributed by atoms with Gasteiger partial charge in [0, 0.05) is 6.08 Å². The van der Waals surface area contributed by atoms with E-state index in [1.54, 1.807) is 0 Å². The minimum atomic E-state index is -6.97. The molecule has 0 aromatic heterocycles. The predicted molar refractivity (Wildman–Crippen MR) is 106 cm³/mol. The molecule has 0 saturated carbocycles. The molecule has 2 aromatic rings. The van der Waals surface area contributed by atoms with Crippen LogP contribution in [0.25, 0.3) is 6.08 Å². The molecule has 36 heavy (non-hydrogen) atoms. The summed E-state index contributed by atoms with van der Waals surface area (Å²) in [6, 6.07) is 9.89. The van der Waals surface area contributed by atoms with Crippen LogP contribution in [0.1, 0.15) is 22.3 Å². The van der Waals surface area contributed by atoms with Crippen LogP contribution in [0.5, 0.6) is 11.5 Å². The lowest BCUT2D eigenvalue weighted by atomic mass is 10.0. The zero-order valence-electron chi connectivity index (χ0n) is 17.7. The SMILES string of the molecule is O=C(O)/C=C/c1ccc(OC(=O)c2ccc(OCCC(F)(F)C(F)(F)C(F)(F)C(F)(F)F)cc2)cc1. The number of alkyl halides is 9. The first-order valence-electron chi connectivity index (χ1n) is 9.64. The van der Waals surface area contributed by atoms with Crippen molar-refractivity contribution >= 4 is 18.0 Å². The summed E-state index contributed by atoms with van der Waals surface area (Å²) in [6.45, 7) is -1.34. The second-order valence-electron chi connectivity index (χ2n) is 7.10. The quantitative estimate of drug-likeness (QED) is 0.170. The van der Waals surface area contributed by atoms with Gasteiger partial charge in [0.2, 0.25) is 0 Å². The summed E-state index contributed by atoms with van der Waals surface area (Å²) in [6.07, 6.45) is -6.86. The number of carboxylic acids is 1. The summed E-state index contributed by atoms with van der Waals surface area (Å²) >= 11 is 0. The van der Waals surface area contributed by atoms with Gasteiger partial charge < -0.3 is 14.6 Å². The van der Waals surface area contributed by atoms with Crippen molar-refractivity contribution in [3.63, 3.8) is 0 Å². The van der Waals surface area contributed by atoms with E-state index in [4.69, 9.17) is 14.6 Å². The van der Waals surface area contributed by atoms with Gasteiger partial charge in [-0.15, -0.1) is 0 Å². The highest BCUT2D eigenvalue weighted by Crippen LogP contribution is 2.53. The Kier molecular flexibility index (Phi) is 8.32. The molecule has 0 saturated heterocycles. The van der Waals surface area contributed by atoms with E-state index in [9.17, 15) is 49.1 Å². The fourth-order valence-corrected chi connectivity index (χ4v) is 2.53. The van der Waals surface area contributed by atoms with Crippen LogP contribution in [-0.2, 0) is 4.79 Å². The van der Waals surface area contributed by atoms with Crippen molar-refractivity contribution in [1.82, 2.24) is 0 Å². The van der Waals surface area contributed by atoms with Crippen molar-refractivity contribution in [3.8, 4) is 11.5 Å². The second kappa shape index (κ2) is 10.5. The van der Waals surface area contributed by atoms with E-state index in [1.165, 1.54) is 30.3 Å². The number of carbonyl (C=O) groups is 2. The molecule has 1 N–H and O–H groups in total. The van der Waals surface area contributed by atoms with Gasteiger partial charge in [-0.05, 0) is 48.0 Å². The Labute approximate surface area is 196 Å². The van der Waals surface area contributed by atoms with Gasteiger partial charge >= 0.3 is 35.9 Å². The lowest BCUT2D eigenvalue weighted by Crippen LogP contribution is -2.61. The summed E-state index contributed by atoms with van der Waals surface area (Å²) < 4.78 is 125. The number of benzene rings is 2. The molecule has 0 radical (unpaired) electrons. The number of esters is 1. The van der Waals surface area contributed by atoms with Gasteiger partial charge in [0.05, 0.1) is 18.6 Å². The minimum Gasteiger partial charge on any atom is -0.493 e. The average Bonchev–Trinajstić information content (AvgIpc) is 2.78. The average molecular weight is 530 g/mol. The van der Waals surface area contributed by atoms with Gasteiger partial charge in [0.1, 0.15) is 11.5 Å². The summed E-state index contributed by atoms with van der Waals surface area (Å²) in [5.41, 5.74) is 0.433. The molecule has 196 valence electrons. The van der Waals surface area contributed by atoms with Gasteiger partial charge in [-0.2, -0.15) is 39.5 Å². The van der Waals surface area contributed by atoms with Crippen molar-refractivity contribution in [3.05, 3.63) is 65.7 Å². The minimum absolute atomic E-state index is 0.0705. The standard InChI is InChI=1S/C22H15F9O5/c23-19(24,20(25,26)21(27,28)22(29,30)31)11-12-35-15-8-4-14(5-9-15)18(34)36-16-6-1-13(2-7-16)3-10-17(32)33/h1-10H,11-12H2,(H,32,33)/b10-3+. The van der Waals surface area contributed by atoms with E-state index in [-0.39, 0.29) is 17.1 Å². The largest absolute Gasteiger partial charge is 0.493 e. The smallest absolute Gasteiger partial charge is 0.460 e. The first kappa shape index (κ1) is 28.5. The molecule has 0 bridgehead atoms. The highest BCUT2D eigenvalue weighted by molar-refractivity contribution is 5.91. The van der Waals surface area contributed by atoms with Gasteiger partial charge in [-0.1, -0.05) is 12.1 Å². The molecule has 0 aliphatic carbocycles. The van der Waals surface area contributed by atoms with E-state index < -0.39 is 48.9 Å². The maximum Gasteiger partial charge on any atom is 0.460 e. The monoisotopic (exact) mass is 530 g/mol. The fourth-order valence-electron chi connectivity index (χ4n) is 2.53. The zero-order valence-corrected chi connectivity index (χ0v) is 17.7. The summed E-state index contributed by atoms with van der Waals surface area (Å²) in [5, 5.41) is 8.57. The van der Waals surface area contributed by atoms with Crippen LogP contribution >= 0.6 is 0 Å². The van der Waals surface area contributed by atoms with Crippen LogP contribution in [0.3, 0.4) is 0 Å². The van der Waals surface area contributed by atoms with Crippen molar-refractivity contribution in [2.45, 2.75) is 30.4 Å².